The number of amides is 1. The maximum absolute atomic E-state index is 12.4. The second kappa shape index (κ2) is 10.7. The summed E-state index contributed by atoms with van der Waals surface area (Å²) in [6, 6.07) is 10.6. The van der Waals surface area contributed by atoms with Crippen LogP contribution in [-0.2, 0) is 16.0 Å². The number of morpholine rings is 1. The molecule has 2 aliphatic rings. The molecule has 2 fully saturated rings. The molecule has 7 heteroatoms. The van der Waals surface area contributed by atoms with Crippen LogP contribution in [0.2, 0.25) is 0 Å². The van der Waals surface area contributed by atoms with Gasteiger partial charge in [0.05, 0.1) is 13.2 Å². The Morgan fingerprint density at radius 2 is 1.73 bits per heavy atom. The second-order valence-electron chi connectivity index (χ2n) is 6.79. The zero-order valence-electron chi connectivity index (χ0n) is 15.2. The minimum atomic E-state index is 0. The van der Waals surface area contributed by atoms with Crippen LogP contribution >= 0.6 is 24.0 Å². The van der Waals surface area contributed by atoms with E-state index in [0.717, 1.165) is 45.4 Å². The van der Waals surface area contributed by atoms with Crippen LogP contribution in [0, 0.1) is 5.92 Å². The predicted octanol–water partition coefficient (Wildman–Crippen LogP) is 1.73. The number of ether oxygens (including phenoxy) is 1. The van der Waals surface area contributed by atoms with Crippen LogP contribution in [0.5, 0.6) is 0 Å². The normalized spacial score (nSPS) is 19.2. The highest BCUT2D eigenvalue weighted by atomic mass is 127. The van der Waals surface area contributed by atoms with E-state index in [4.69, 9.17) is 10.5 Å². The Labute approximate surface area is 172 Å². The Bertz CT molecular complexity index is 582. The van der Waals surface area contributed by atoms with Crippen molar-refractivity contribution < 1.29 is 9.53 Å². The molecule has 144 valence electrons. The molecular formula is C19H29IN4O2. The van der Waals surface area contributed by atoms with Crippen molar-refractivity contribution in [3.05, 3.63) is 35.9 Å². The predicted molar refractivity (Wildman–Crippen MR) is 114 cm³/mol. The number of nitrogens with zero attached hydrogens (tertiary/aromatic N) is 3. The highest BCUT2D eigenvalue weighted by molar-refractivity contribution is 14.0. The van der Waals surface area contributed by atoms with E-state index in [-0.39, 0.29) is 36.4 Å². The van der Waals surface area contributed by atoms with Crippen molar-refractivity contribution >= 4 is 35.8 Å². The summed E-state index contributed by atoms with van der Waals surface area (Å²) in [4.78, 5) is 20.6. The van der Waals surface area contributed by atoms with Crippen LogP contribution in [0.3, 0.4) is 0 Å². The van der Waals surface area contributed by atoms with Crippen molar-refractivity contribution in [1.82, 2.24) is 9.80 Å². The lowest BCUT2D eigenvalue weighted by Crippen LogP contribution is -2.45. The quantitative estimate of drug-likeness (QED) is 0.412. The zero-order chi connectivity index (χ0) is 17.5. The summed E-state index contributed by atoms with van der Waals surface area (Å²) in [5.41, 5.74) is 7.37. The van der Waals surface area contributed by atoms with Gasteiger partial charge in [0.1, 0.15) is 6.54 Å². The molecule has 26 heavy (non-hydrogen) atoms. The van der Waals surface area contributed by atoms with Crippen molar-refractivity contribution in [3.8, 4) is 0 Å². The second-order valence-corrected chi connectivity index (χ2v) is 6.79. The highest BCUT2D eigenvalue weighted by Crippen LogP contribution is 2.21. The van der Waals surface area contributed by atoms with Gasteiger partial charge in [0.25, 0.3) is 0 Å². The van der Waals surface area contributed by atoms with Crippen molar-refractivity contribution in [2.75, 3.05) is 45.9 Å². The number of guanidine groups is 1. The molecule has 0 aliphatic carbocycles. The molecule has 0 aromatic heterocycles. The molecule has 0 bridgehead atoms. The van der Waals surface area contributed by atoms with Gasteiger partial charge in [-0.05, 0) is 30.7 Å². The molecule has 1 aromatic carbocycles. The first-order chi connectivity index (χ1) is 12.2. The van der Waals surface area contributed by atoms with E-state index < -0.39 is 0 Å². The van der Waals surface area contributed by atoms with Crippen LogP contribution in [-0.4, -0.2) is 67.6 Å². The number of hydrogen-bond acceptors (Lipinski definition) is 3. The fourth-order valence-corrected chi connectivity index (χ4v) is 3.47. The summed E-state index contributed by atoms with van der Waals surface area (Å²) in [5, 5.41) is 0. The molecule has 3 rings (SSSR count). The van der Waals surface area contributed by atoms with Gasteiger partial charge in [-0.1, -0.05) is 30.3 Å². The summed E-state index contributed by atoms with van der Waals surface area (Å²) in [6.07, 6.45) is 3.22. The number of carbonyl (C=O) groups is 1. The number of halogens is 1. The third kappa shape index (κ3) is 6.12. The van der Waals surface area contributed by atoms with Crippen LogP contribution < -0.4 is 5.73 Å². The molecule has 0 spiro atoms. The molecule has 1 amide bonds. The van der Waals surface area contributed by atoms with Gasteiger partial charge < -0.3 is 20.3 Å². The molecule has 0 saturated carbocycles. The number of likely N-dealkylation sites (tertiary alicyclic amines) is 1. The summed E-state index contributed by atoms with van der Waals surface area (Å²) in [7, 11) is 0. The number of benzene rings is 1. The first kappa shape index (κ1) is 21.0. The van der Waals surface area contributed by atoms with Crippen molar-refractivity contribution in [2.45, 2.75) is 19.3 Å². The van der Waals surface area contributed by atoms with E-state index >= 15 is 0 Å². The van der Waals surface area contributed by atoms with Gasteiger partial charge in [0.2, 0.25) is 5.91 Å². The molecule has 2 saturated heterocycles. The fourth-order valence-electron chi connectivity index (χ4n) is 3.47. The van der Waals surface area contributed by atoms with Gasteiger partial charge in [-0.3, -0.25) is 4.79 Å². The number of rotatable bonds is 4. The Kier molecular flexibility index (Phi) is 8.64. The highest BCUT2D eigenvalue weighted by Gasteiger charge is 2.23. The van der Waals surface area contributed by atoms with Gasteiger partial charge in [0.15, 0.2) is 5.96 Å². The average molecular weight is 472 g/mol. The third-order valence-corrected chi connectivity index (χ3v) is 5.05. The Balaban J connectivity index is 0.00000243. The monoisotopic (exact) mass is 472 g/mol. The molecule has 1 aromatic rings. The molecule has 2 N–H and O–H groups in total. The molecular weight excluding hydrogens is 443 g/mol. The number of carbonyl (C=O) groups excluding carboxylic acids is 1. The van der Waals surface area contributed by atoms with Crippen LogP contribution in [0.1, 0.15) is 18.4 Å². The SMILES string of the molecule is I.NC(=NCC(=O)N1CCC(Cc2ccccc2)CC1)N1CCOCC1. The van der Waals surface area contributed by atoms with Gasteiger partial charge >= 0.3 is 0 Å². The van der Waals surface area contributed by atoms with E-state index in [2.05, 4.69) is 29.3 Å². The zero-order valence-corrected chi connectivity index (χ0v) is 17.5. The molecule has 0 unspecified atom stereocenters. The Morgan fingerprint density at radius 1 is 1.08 bits per heavy atom. The largest absolute Gasteiger partial charge is 0.378 e. The van der Waals surface area contributed by atoms with E-state index in [0.29, 0.717) is 25.1 Å². The lowest BCUT2D eigenvalue weighted by Gasteiger charge is -2.32. The number of piperidine rings is 1. The van der Waals surface area contributed by atoms with Gasteiger partial charge in [-0.25, -0.2) is 4.99 Å². The first-order valence-corrected chi connectivity index (χ1v) is 9.16. The van der Waals surface area contributed by atoms with Crippen LogP contribution in [0.4, 0.5) is 0 Å². The lowest BCUT2D eigenvalue weighted by atomic mass is 9.90. The minimum Gasteiger partial charge on any atom is -0.378 e. The number of hydrogen-bond donors (Lipinski definition) is 1. The molecule has 2 heterocycles. The minimum absolute atomic E-state index is 0. The fraction of sp³-hybridized carbons (Fsp3) is 0.579. The smallest absolute Gasteiger partial charge is 0.244 e. The molecule has 0 atom stereocenters. The van der Waals surface area contributed by atoms with Crippen molar-refractivity contribution in [3.63, 3.8) is 0 Å². The van der Waals surface area contributed by atoms with E-state index in [1.54, 1.807) is 0 Å². The van der Waals surface area contributed by atoms with Gasteiger partial charge in [-0.2, -0.15) is 0 Å². The molecule has 2 aliphatic heterocycles. The lowest BCUT2D eigenvalue weighted by molar-refractivity contribution is -0.131. The number of nitrogens with two attached hydrogens (primary N) is 1. The maximum atomic E-state index is 12.4. The summed E-state index contributed by atoms with van der Waals surface area (Å²) in [6.45, 7) is 4.61. The summed E-state index contributed by atoms with van der Waals surface area (Å²) in [5.74, 6) is 1.19. The van der Waals surface area contributed by atoms with E-state index in [1.807, 2.05) is 15.9 Å². The van der Waals surface area contributed by atoms with Crippen molar-refractivity contribution in [2.24, 2.45) is 16.6 Å². The van der Waals surface area contributed by atoms with Gasteiger partial charge in [0, 0.05) is 26.2 Å². The summed E-state index contributed by atoms with van der Waals surface area (Å²) >= 11 is 0. The number of aliphatic imine (C=N–C) groups is 1. The Hall–Kier alpha value is -1.35. The molecule has 6 nitrogen and oxygen atoms in total. The van der Waals surface area contributed by atoms with E-state index in [1.165, 1.54) is 5.56 Å². The maximum Gasteiger partial charge on any atom is 0.244 e. The van der Waals surface area contributed by atoms with Crippen molar-refractivity contribution in [1.29, 1.82) is 0 Å². The Morgan fingerprint density at radius 3 is 2.38 bits per heavy atom. The topological polar surface area (TPSA) is 71.2 Å². The van der Waals surface area contributed by atoms with Gasteiger partial charge in [-0.15, -0.1) is 24.0 Å². The van der Waals surface area contributed by atoms with E-state index in [9.17, 15) is 4.79 Å². The van der Waals surface area contributed by atoms with Crippen LogP contribution in [0.15, 0.2) is 35.3 Å². The first-order valence-electron chi connectivity index (χ1n) is 9.16. The standard InChI is InChI=1S/C19H28N4O2.HI/c20-19(23-10-12-25-13-11-23)21-15-18(24)22-8-6-17(7-9-22)14-16-4-2-1-3-5-16;/h1-5,17H,6-15H2,(H2,20,21);1H. The third-order valence-electron chi connectivity index (χ3n) is 5.05. The molecule has 0 radical (unpaired) electrons. The average Bonchev–Trinajstić information content (AvgIpc) is 2.68. The summed E-state index contributed by atoms with van der Waals surface area (Å²) < 4.78 is 5.30. The van der Waals surface area contributed by atoms with Crippen LogP contribution in [0.25, 0.3) is 0 Å².